The van der Waals surface area contributed by atoms with Crippen LogP contribution in [0, 0.1) is 6.92 Å². The van der Waals surface area contributed by atoms with Crippen molar-refractivity contribution in [3.8, 4) is 0 Å². The fourth-order valence-electron chi connectivity index (χ4n) is 1.97. The van der Waals surface area contributed by atoms with Crippen molar-refractivity contribution in [2.45, 2.75) is 13.0 Å². The van der Waals surface area contributed by atoms with E-state index in [0.29, 0.717) is 12.1 Å². The van der Waals surface area contributed by atoms with Crippen molar-refractivity contribution in [3.63, 3.8) is 0 Å². The van der Waals surface area contributed by atoms with E-state index in [0.717, 1.165) is 5.56 Å². The van der Waals surface area contributed by atoms with E-state index in [1.54, 1.807) is 12.1 Å². The number of hydrogen-bond donors (Lipinski definition) is 1. The zero-order valence-corrected chi connectivity index (χ0v) is 10.1. The highest BCUT2D eigenvalue weighted by molar-refractivity contribution is 5.96. The molecule has 1 heterocycles. The Morgan fingerprint density at radius 1 is 1.39 bits per heavy atom. The average molecular weight is 249 g/mol. The van der Waals surface area contributed by atoms with E-state index in [1.165, 1.54) is 4.90 Å². The maximum absolute atomic E-state index is 12.3. The quantitative estimate of drug-likeness (QED) is 0.846. The van der Waals surface area contributed by atoms with E-state index in [4.69, 9.17) is 9.84 Å². The predicted molar refractivity (Wildman–Crippen MR) is 64.5 cm³/mol. The molecule has 0 spiro atoms. The summed E-state index contributed by atoms with van der Waals surface area (Å²) < 4.78 is 5.09. The molecule has 1 atom stereocenters. The minimum atomic E-state index is -1.03. The Labute approximate surface area is 105 Å². The number of nitrogens with zero attached hydrogens (tertiary/aromatic N) is 1. The van der Waals surface area contributed by atoms with Crippen molar-refractivity contribution in [2.24, 2.45) is 0 Å². The summed E-state index contributed by atoms with van der Waals surface area (Å²) in [5, 5.41) is 8.90. The van der Waals surface area contributed by atoms with Crippen LogP contribution in [0.15, 0.2) is 24.3 Å². The van der Waals surface area contributed by atoms with Crippen LogP contribution < -0.4 is 0 Å². The van der Waals surface area contributed by atoms with E-state index in [9.17, 15) is 9.59 Å². The summed E-state index contributed by atoms with van der Waals surface area (Å²) >= 11 is 0. The minimum Gasteiger partial charge on any atom is -0.479 e. The Hall–Kier alpha value is -1.88. The third-order valence-electron chi connectivity index (χ3n) is 3.00. The van der Waals surface area contributed by atoms with Crippen LogP contribution in [0.2, 0.25) is 0 Å². The van der Waals surface area contributed by atoms with Crippen LogP contribution in [0.1, 0.15) is 15.9 Å². The highest BCUT2D eigenvalue weighted by Crippen LogP contribution is 2.14. The van der Waals surface area contributed by atoms with E-state index >= 15 is 0 Å². The zero-order valence-electron chi connectivity index (χ0n) is 10.1. The zero-order chi connectivity index (χ0) is 13.1. The number of benzene rings is 1. The molecule has 2 rings (SSSR count). The fourth-order valence-corrected chi connectivity index (χ4v) is 1.97. The fraction of sp³-hybridized carbons (Fsp3) is 0.385. The second-order valence-electron chi connectivity index (χ2n) is 4.26. The van der Waals surface area contributed by atoms with E-state index < -0.39 is 12.1 Å². The van der Waals surface area contributed by atoms with Gasteiger partial charge in [0.1, 0.15) is 0 Å². The molecule has 96 valence electrons. The Kier molecular flexibility index (Phi) is 3.62. The Morgan fingerprint density at radius 3 is 2.78 bits per heavy atom. The third-order valence-corrected chi connectivity index (χ3v) is 3.00. The molecule has 1 amide bonds. The molecule has 1 aliphatic rings. The number of carbonyl (C=O) groups excluding carboxylic acids is 1. The average Bonchev–Trinajstić information content (AvgIpc) is 2.38. The van der Waals surface area contributed by atoms with Gasteiger partial charge in [-0.1, -0.05) is 18.2 Å². The van der Waals surface area contributed by atoms with Gasteiger partial charge in [-0.15, -0.1) is 0 Å². The van der Waals surface area contributed by atoms with Gasteiger partial charge in [-0.05, 0) is 18.6 Å². The molecule has 1 N–H and O–H groups in total. The lowest BCUT2D eigenvalue weighted by Gasteiger charge is -2.31. The summed E-state index contributed by atoms with van der Waals surface area (Å²) in [7, 11) is 0. The molecule has 0 bridgehead atoms. The lowest BCUT2D eigenvalue weighted by atomic mass is 10.1. The molecule has 0 saturated carbocycles. The van der Waals surface area contributed by atoms with Crippen molar-refractivity contribution in [1.29, 1.82) is 0 Å². The summed E-state index contributed by atoms with van der Waals surface area (Å²) in [6, 6.07) is 7.28. The standard InChI is InChI=1S/C13H15NO4/c1-9-4-2-3-5-10(9)12(15)14-6-7-18-11(8-14)13(16)17/h2-5,11H,6-8H2,1H3,(H,16,17). The van der Waals surface area contributed by atoms with Crippen LogP contribution in [0.25, 0.3) is 0 Å². The van der Waals surface area contributed by atoms with Gasteiger partial charge in [0, 0.05) is 12.1 Å². The maximum atomic E-state index is 12.3. The SMILES string of the molecule is Cc1ccccc1C(=O)N1CCOC(C(=O)O)C1. The monoisotopic (exact) mass is 249 g/mol. The van der Waals surface area contributed by atoms with Crippen molar-refractivity contribution >= 4 is 11.9 Å². The highest BCUT2D eigenvalue weighted by Gasteiger charge is 2.29. The number of morpholine rings is 1. The Morgan fingerprint density at radius 2 is 2.11 bits per heavy atom. The van der Waals surface area contributed by atoms with Gasteiger partial charge in [0.2, 0.25) is 0 Å². The second kappa shape index (κ2) is 5.18. The summed E-state index contributed by atoms with van der Waals surface area (Å²) in [5.74, 6) is -1.17. The molecule has 5 heteroatoms. The minimum absolute atomic E-state index is 0.0997. The van der Waals surface area contributed by atoms with Crippen LogP contribution in [-0.4, -0.2) is 47.7 Å². The van der Waals surface area contributed by atoms with Gasteiger partial charge < -0.3 is 14.7 Å². The predicted octanol–water partition coefficient (Wildman–Crippen LogP) is 0.921. The molecule has 18 heavy (non-hydrogen) atoms. The van der Waals surface area contributed by atoms with E-state index in [-0.39, 0.29) is 19.1 Å². The Bertz CT molecular complexity index is 472. The summed E-state index contributed by atoms with van der Waals surface area (Å²) in [5.41, 5.74) is 1.50. The van der Waals surface area contributed by atoms with Crippen LogP contribution in [0.3, 0.4) is 0 Å². The molecule has 1 aliphatic heterocycles. The molecule has 0 aliphatic carbocycles. The summed E-state index contributed by atoms with van der Waals surface area (Å²) in [4.78, 5) is 24.7. The lowest BCUT2D eigenvalue weighted by molar-refractivity contribution is -0.154. The van der Waals surface area contributed by atoms with Crippen LogP contribution >= 0.6 is 0 Å². The van der Waals surface area contributed by atoms with E-state index in [2.05, 4.69) is 0 Å². The molecule has 1 saturated heterocycles. The molecule has 0 radical (unpaired) electrons. The van der Waals surface area contributed by atoms with Crippen LogP contribution in [0.5, 0.6) is 0 Å². The van der Waals surface area contributed by atoms with Gasteiger partial charge in [-0.3, -0.25) is 4.79 Å². The van der Waals surface area contributed by atoms with E-state index in [1.807, 2.05) is 19.1 Å². The van der Waals surface area contributed by atoms with Gasteiger partial charge in [-0.25, -0.2) is 4.79 Å². The number of aliphatic carboxylic acids is 1. The number of amides is 1. The molecule has 1 aromatic carbocycles. The number of aryl methyl sites for hydroxylation is 1. The lowest BCUT2D eigenvalue weighted by Crippen LogP contribution is -2.48. The topological polar surface area (TPSA) is 66.8 Å². The first-order valence-electron chi connectivity index (χ1n) is 5.79. The molecule has 0 aromatic heterocycles. The molecule has 1 fully saturated rings. The Balaban J connectivity index is 2.14. The molecule has 5 nitrogen and oxygen atoms in total. The van der Waals surface area contributed by atoms with Gasteiger partial charge in [0.05, 0.1) is 13.2 Å². The van der Waals surface area contributed by atoms with Gasteiger partial charge in [0.15, 0.2) is 6.10 Å². The molecular weight excluding hydrogens is 234 g/mol. The normalized spacial score (nSPS) is 19.6. The number of carboxylic acids is 1. The van der Waals surface area contributed by atoms with Crippen molar-refractivity contribution in [3.05, 3.63) is 35.4 Å². The first-order valence-corrected chi connectivity index (χ1v) is 5.79. The third kappa shape index (κ3) is 2.51. The number of carboxylic acid groups (broad SMARTS) is 1. The largest absolute Gasteiger partial charge is 0.479 e. The second-order valence-corrected chi connectivity index (χ2v) is 4.26. The van der Waals surface area contributed by atoms with Crippen molar-refractivity contribution in [2.75, 3.05) is 19.7 Å². The first-order chi connectivity index (χ1) is 8.59. The maximum Gasteiger partial charge on any atom is 0.334 e. The van der Waals surface area contributed by atoms with Crippen molar-refractivity contribution < 1.29 is 19.4 Å². The summed E-state index contributed by atoms with van der Waals surface area (Å²) in [6.45, 7) is 2.65. The molecular formula is C13H15NO4. The number of carbonyl (C=O) groups is 2. The highest BCUT2D eigenvalue weighted by atomic mass is 16.5. The smallest absolute Gasteiger partial charge is 0.334 e. The number of ether oxygens (including phenoxy) is 1. The number of hydrogen-bond acceptors (Lipinski definition) is 3. The van der Waals surface area contributed by atoms with Crippen LogP contribution in [-0.2, 0) is 9.53 Å². The van der Waals surface area contributed by atoms with Crippen LogP contribution in [0.4, 0.5) is 0 Å². The van der Waals surface area contributed by atoms with Gasteiger partial charge >= 0.3 is 5.97 Å². The first kappa shape index (κ1) is 12.6. The van der Waals surface area contributed by atoms with Gasteiger partial charge in [-0.2, -0.15) is 0 Å². The number of rotatable bonds is 2. The van der Waals surface area contributed by atoms with Crippen molar-refractivity contribution in [1.82, 2.24) is 4.90 Å². The summed E-state index contributed by atoms with van der Waals surface area (Å²) in [6.07, 6.45) is -0.924. The molecule has 1 unspecified atom stereocenters. The van der Waals surface area contributed by atoms with Gasteiger partial charge in [0.25, 0.3) is 5.91 Å². The molecule has 1 aromatic rings.